The number of hydrogen-bond donors (Lipinski definition) is 1. The summed E-state index contributed by atoms with van der Waals surface area (Å²) < 4.78 is 5.57. The zero-order valence-electron chi connectivity index (χ0n) is 11.7. The highest BCUT2D eigenvalue weighted by Gasteiger charge is 2.00. The number of nitrogens with one attached hydrogen (secondary N) is 1. The third-order valence-corrected chi connectivity index (χ3v) is 2.81. The maximum absolute atomic E-state index is 5.57. The van der Waals surface area contributed by atoms with Crippen molar-refractivity contribution in [3.05, 3.63) is 42.5 Å². The molecule has 0 spiro atoms. The molecule has 5 nitrogen and oxygen atoms in total. The molecule has 2 aromatic rings. The van der Waals surface area contributed by atoms with E-state index in [0.717, 1.165) is 12.0 Å². The molecule has 0 aliphatic rings. The molecule has 0 fully saturated rings. The molecule has 0 saturated carbocycles. The molecule has 20 heavy (non-hydrogen) atoms. The van der Waals surface area contributed by atoms with Crippen LogP contribution in [0.2, 0.25) is 0 Å². The summed E-state index contributed by atoms with van der Waals surface area (Å²) in [6, 6.07) is 3.93. The lowest BCUT2D eigenvalue weighted by molar-refractivity contribution is 0.294. The molecule has 0 unspecified atom stereocenters. The number of anilines is 1. The Hall–Kier alpha value is -2.17. The molecule has 0 saturated heterocycles. The first-order valence-electron chi connectivity index (χ1n) is 6.96. The molecule has 0 aliphatic heterocycles. The van der Waals surface area contributed by atoms with E-state index in [9.17, 15) is 0 Å². The lowest BCUT2D eigenvalue weighted by Crippen LogP contribution is -2.04. The van der Waals surface area contributed by atoms with Crippen molar-refractivity contribution >= 4 is 5.82 Å². The fourth-order valence-corrected chi connectivity index (χ4v) is 1.73. The Balaban J connectivity index is 1.83. The number of nitrogens with zero attached hydrogens (tertiary/aromatic N) is 3. The monoisotopic (exact) mass is 272 g/mol. The van der Waals surface area contributed by atoms with Crippen LogP contribution in [0.1, 0.15) is 31.7 Å². The van der Waals surface area contributed by atoms with Gasteiger partial charge in [0.15, 0.2) is 0 Å². The van der Waals surface area contributed by atoms with Gasteiger partial charge in [0.05, 0.1) is 19.0 Å². The topological polar surface area (TPSA) is 59.9 Å². The second-order valence-corrected chi connectivity index (χ2v) is 4.51. The summed E-state index contributed by atoms with van der Waals surface area (Å²) in [7, 11) is 0. The summed E-state index contributed by atoms with van der Waals surface area (Å²) in [5.74, 6) is 1.28. The van der Waals surface area contributed by atoms with Gasteiger partial charge in [-0.1, -0.05) is 25.8 Å². The van der Waals surface area contributed by atoms with Crippen LogP contribution in [0.4, 0.5) is 5.82 Å². The van der Waals surface area contributed by atoms with Crippen LogP contribution in [0.5, 0.6) is 5.88 Å². The van der Waals surface area contributed by atoms with E-state index in [-0.39, 0.29) is 0 Å². The smallest absolute Gasteiger partial charge is 0.234 e. The van der Waals surface area contributed by atoms with Gasteiger partial charge in [0.2, 0.25) is 5.88 Å². The van der Waals surface area contributed by atoms with Crippen molar-refractivity contribution in [2.45, 2.75) is 32.7 Å². The normalized spacial score (nSPS) is 10.2. The van der Waals surface area contributed by atoms with Crippen LogP contribution in [0.15, 0.2) is 36.9 Å². The minimum atomic E-state index is 0.567. The Morgan fingerprint density at radius 3 is 2.90 bits per heavy atom. The quantitative estimate of drug-likeness (QED) is 0.748. The van der Waals surface area contributed by atoms with Gasteiger partial charge in [-0.15, -0.1) is 0 Å². The molecule has 0 bridgehead atoms. The highest BCUT2D eigenvalue weighted by molar-refractivity contribution is 5.34. The van der Waals surface area contributed by atoms with E-state index in [4.69, 9.17) is 4.74 Å². The minimum Gasteiger partial charge on any atom is -0.477 e. The average molecular weight is 272 g/mol. The SMILES string of the molecule is CCCCCOc1cncc(NCc2cccnc2)n1. The molecule has 0 aliphatic carbocycles. The molecule has 106 valence electrons. The first kappa shape index (κ1) is 14.2. The van der Waals surface area contributed by atoms with E-state index in [1.807, 2.05) is 18.3 Å². The van der Waals surface area contributed by atoms with Crippen LogP contribution in [0.25, 0.3) is 0 Å². The number of pyridine rings is 1. The molecule has 2 heterocycles. The van der Waals surface area contributed by atoms with Crippen molar-refractivity contribution in [2.75, 3.05) is 11.9 Å². The van der Waals surface area contributed by atoms with Crippen molar-refractivity contribution in [1.29, 1.82) is 0 Å². The highest BCUT2D eigenvalue weighted by Crippen LogP contribution is 2.11. The Labute approximate surface area is 119 Å². The van der Waals surface area contributed by atoms with Gasteiger partial charge in [-0.2, -0.15) is 4.98 Å². The van der Waals surface area contributed by atoms with Crippen LogP contribution in [0, 0.1) is 0 Å². The van der Waals surface area contributed by atoms with Gasteiger partial charge in [-0.25, -0.2) is 0 Å². The molecule has 0 radical (unpaired) electrons. The largest absolute Gasteiger partial charge is 0.477 e. The van der Waals surface area contributed by atoms with E-state index in [2.05, 4.69) is 27.2 Å². The fourth-order valence-electron chi connectivity index (χ4n) is 1.73. The standard InChI is InChI=1S/C15H20N4O/c1-2-3-4-8-20-15-12-17-11-14(19-15)18-10-13-6-5-7-16-9-13/h5-7,9,11-12H,2-4,8,10H2,1H3,(H,18,19). The maximum Gasteiger partial charge on any atom is 0.234 e. The Morgan fingerprint density at radius 2 is 2.10 bits per heavy atom. The van der Waals surface area contributed by atoms with Crippen molar-refractivity contribution in [3.8, 4) is 5.88 Å². The van der Waals surface area contributed by atoms with Crippen molar-refractivity contribution in [1.82, 2.24) is 15.0 Å². The minimum absolute atomic E-state index is 0.567. The fraction of sp³-hybridized carbons (Fsp3) is 0.400. The predicted octanol–water partition coefficient (Wildman–Crippen LogP) is 3.05. The van der Waals surface area contributed by atoms with Crippen molar-refractivity contribution in [2.24, 2.45) is 0 Å². The number of ether oxygens (including phenoxy) is 1. The number of aromatic nitrogens is 3. The zero-order valence-corrected chi connectivity index (χ0v) is 11.7. The number of rotatable bonds is 8. The number of hydrogen-bond acceptors (Lipinski definition) is 5. The summed E-state index contributed by atoms with van der Waals surface area (Å²) >= 11 is 0. The van der Waals surface area contributed by atoms with Crippen LogP contribution in [-0.4, -0.2) is 21.6 Å². The molecule has 2 aromatic heterocycles. The Morgan fingerprint density at radius 1 is 1.15 bits per heavy atom. The Bertz CT molecular complexity index is 504. The van der Waals surface area contributed by atoms with Crippen LogP contribution in [0.3, 0.4) is 0 Å². The van der Waals surface area contributed by atoms with Gasteiger partial charge in [0.1, 0.15) is 5.82 Å². The molecule has 2 rings (SSSR count). The molecular formula is C15H20N4O. The second kappa shape index (κ2) is 8.09. The maximum atomic E-state index is 5.57. The van der Waals surface area contributed by atoms with Gasteiger partial charge in [0, 0.05) is 18.9 Å². The third kappa shape index (κ3) is 4.84. The van der Waals surface area contributed by atoms with E-state index in [0.29, 0.717) is 24.8 Å². The van der Waals surface area contributed by atoms with Gasteiger partial charge in [-0.3, -0.25) is 9.97 Å². The number of unbranched alkanes of at least 4 members (excludes halogenated alkanes) is 2. The molecule has 5 heteroatoms. The summed E-state index contributed by atoms with van der Waals surface area (Å²) in [6.45, 7) is 3.53. The van der Waals surface area contributed by atoms with Crippen molar-refractivity contribution < 1.29 is 4.74 Å². The van der Waals surface area contributed by atoms with E-state index < -0.39 is 0 Å². The molecule has 0 atom stereocenters. The molecule has 0 aromatic carbocycles. The highest BCUT2D eigenvalue weighted by atomic mass is 16.5. The molecular weight excluding hydrogens is 252 g/mol. The second-order valence-electron chi connectivity index (χ2n) is 4.51. The molecule has 0 amide bonds. The first-order valence-corrected chi connectivity index (χ1v) is 6.96. The van der Waals surface area contributed by atoms with Crippen LogP contribution in [-0.2, 0) is 6.54 Å². The summed E-state index contributed by atoms with van der Waals surface area (Å²) in [4.78, 5) is 12.6. The van der Waals surface area contributed by atoms with E-state index >= 15 is 0 Å². The third-order valence-electron chi connectivity index (χ3n) is 2.81. The Kier molecular flexibility index (Phi) is 5.76. The summed E-state index contributed by atoms with van der Waals surface area (Å²) in [5.41, 5.74) is 1.10. The van der Waals surface area contributed by atoms with Gasteiger partial charge >= 0.3 is 0 Å². The van der Waals surface area contributed by atoms with Gasteiger partial charge in [-0.05, 0) is 18.1 Å². The van der Waals surface area contributed by atoms with Crippen molar-refractivity contribution in [3.63, 3.8) is 0 Å². The molecule has 1 N–H and O–H groups in total. The average Bonchev–Trinajstić information content (AvgIpc) is 2.51. The van der Waals surface area contributed by atoms with Crippen LogP contribution < -0.4 is 10.1 Å². The van der Waals surface area contributed by atoms with Gasteiger partial charge < -0.3 is 10.1 Å². The summed E-state index contributed by atoms with van der Waals surface area (Å²) in [6.07, 6.45) is 10.3. The van der Waals surface area contributed by atoms with E-state index in [1.165, 1.54) is 12.8 Å². The van der Waals surface area contributed by atoms with Gasteiger partial charge in [0.25, 0.3) is 0 Å². The zero-order chi connectivity index (χ0) is 14.0. The first-order chi connectivity index (χ1) is 9.88. The van der Waals surface area contributed by atoms with E-state index in [1.54, 1.807) is 18.6 Å². The predicted molar refractivity (Wildman–Crippen MR) is 78.6 cm³/mol. The summed E-state index contributed by atoms with van der Waals surface area (Å²) in [5, 5.41) is 3.21. The lowest BCUT2D eigenvalue weighted by Gasteiger charge is -2.08. The lowest BCUT2D eigenvalue weighted by atomic mass is 10.3. The van der Waals surface area contributed by atoms with Crippen LogP contribution >= 0.6 is 0 Å².